The lowest BCUT2D eigenvalue weighted by atomic mass is 9.84. The van der Waals surface area contributed by atoms with Gasteiger partial charge in [0.15, 0.2) is 0 Å². The molecule has 114 valence electrons. The Morgan fingerprint density at radius 1 is 1.10 bits per heavy atom. The number of nitrogens with two attached hydrogens (primary N) is 1. The van der Waals surface area contributed by atoms with E-state index in [1.807, 2.05) is 26.0 Å². The molecule has 0 atom stereocenters. The molecular formula is C16H24N4O. The smallest absolute Gasteiger partial charge is 0.226 e. The highest BCUT2D eigenvalue weighted by Gasteiger charge is 2.19. The van der Waals surface area contributed by atoms with Crippen molar-refractivity contribution in [2.24, 2.45) is 11.1 Å². The molecule has 2 aromatic heterocycles. The second-order valence-electron chi connectivity index (χ2n) is 6.35. The third kappa shape index (κ3) is 4.36. The quantitative estimate of drug-likeness (QED) is 0.884. The van der Waals surface area contributed by atoms with E-state index in [-0.39, 0.29) is 5.41 Å². The van der Waals surface area contributed by atoms with Crippen LogP contribution in [-0.4, -0.2) is 21.7 Å². The van der Waals surface area contributed by atoms with Crippen LogP contribution in [0.5, 0.6) is 0 Å². The SMILES string of the molecule is Cc1cc(-c2noc(CCC(C)(C)CCN)n2)cc(C)n1. The first-order chi connectivity index (χ1) is 9.89. The van der Waals surface area contributed by atoms with E-state index in [0.717, 1.165) is 36.2 Å². The van der Waals surface area contributed by atoms with Gasteiger partial charge >= 0.3 is 0 Å². The van der Waals surface area contributed by atoms with Crippen molar-refractivity contribution in [3.05, 3.63) is 29.4 Å². The van der Waals surface area contributed by atoms with E-state index < -0.39 is 0 Å². The summed E-state index contributed by atoms with van der Waals surface area (Å²) in [6.45, 7) is 9.07. The summed E-state index contributed by atoms with van der Waals surface area (Å²) in [5, 5.41) is 4.08. The summed E-state index contributed by atoms with van der Waals surface area (Å²) in [6.07, 6.45) is 2.76. The van der Waals surface area contributed by atoms with E-state index in [2.05, 4.69) is 29.0 Å². The van der Waals surface area contributed by atoms with Crippen LogP contribution in [0.25, 0.3) is 11.4 Å². The molecule has 2 heterocycles. The minimum atomic E-state index is 0.202. The van der Waals surface area contributed by atoms with Gasteiger partial charge in [-0.2, -0.15) is 4.98 Å². The molecule has 0 saturated carbocycles. The molecule has 0 amide bonds. The maximum Gasteiger partial charge on any atom is 0.226 e. The zero-order chi connectivity index (χ0) is 15.5. The zero-order valence-electron chi connectivity index (χ0n) is 13.3. The third-order valence-electron chi connectivity index (χ3n) is 3.64. The fraction of sp³-hybridized carbons (Fsp3) is 0.562. The average Bonchev–Trinajstić information content (AvgIpc) is 2.84. The maximum absolute atomic E-state index is 5.63. The van der Waals surface area contributed by atoms with Crippen LogP contribution in [-0.2, 0) is 6.42 Å². The van der Waals surface area contributed by atoms with Gasteiger partial charge in [0, 0.05) is 23.4 Å². The predicted octanol–water partition coefficient (Wildman–Crippen LogP) is 3.06. The first-order valence-electron chi connectivity index (χ1n) is 7.38. The number of pyridine rings is 1. The van der Waals surface area contributed by atoms with Gasteiger partial charge < -0.3 is 10.3 Å². The van der Waals surface area contributed by atoms with E-state index in [0.29, 0.717) is 18.3 Å². The molecule has 2 aromatic rings. The summed E-state index contributed by atoms with van der Waals surface area (Å²) in [5.41, 5.74) is 8.71. The van der Waals surface area contributed by atoms with Crippen molar-refractivity contribution in [1.29, 1.82) is 0 Å². The molecule has 21 heavy (non-hydrogen) atoms. The Morgan fingerprint density at radius 2 is 1.76 bits per heavy atom. The van der Waals surface area contributed by atoms with E-state index >= 15 is 0 Å². The highest BCUT2D eigenvalue weighted by atomic mass is 16.5. The normalized spacial score (nSPS) is 11.9. The number of aromatic nitrogens is 3. The van der Waals surface area contributed by atoms with Gasteiger partial charge in [-0.05, 0) is 50.8 Å². The minimum absolute atomic E-state index is 0.202. The summed E-state index contributed by atoms with van der Waals surface area (Å²) in [7, 11) is 0. The molecular weight excluding hydrogens is 264 g/mol. The van der Waals surface area contributed by atoms with Gasteiger partial charge in [0.1, 0.15) is 0 Å². The number of nitrogens with zero attached hydrogens (tertiary/aromatic N) is 3. The predicted molar refractivity (Wildman–Crippen MR) is 82.8 cm³/mol. The number of aryl methyl sites for hydroxylation is 3. The van der Waals surface area contributed by atoms with Crippen LogP contribution in [0.3, 0.4) is 0 Å². The van der Waals surface area contributed by atoms with Gasteiger partial charge in [-0.15, -0.1) is 0 Å². The fourth-order valence-corrected chi connectivity index (χ4v) is 2.40. The van der Waals surface area contributed by atoms with Crippen LogP contribution in [0.15, 0.2) is 16.7 Å². The van der Waals surface area contributed by atoms with E-state index in [9.17, 15) is 0 Å². The summed E-state index contributed by atoms with van der Waals surface area (Å²) in [5.74, 6) is 1.32. The van der Waals surface area contributed by atoms with Crippen LogP contribution in [0.2, 0.25) is 0 Å². The summed E-state index contributed by atoms with van der Waals surface area (Å²) in [4.78, 5) is 8.85. The van der Waals surface area contributed by atoms with Crippen molar-refractivity contribution in [2.75, 3.05) is 6.54 Å². The van der Waals surface area contributed by atoms with Gasteiger partial charge in [-0.1, -0.05) is 19.0 Å². The highest BCUT2D eigenvalue weighted by molar-refractivity contribution is 5.55. The molecule has 2 N–H and O–H groups in total. The van der Waals surface area contributed by atoms with Gasteiger partial charge in [-0.3, -0.25) is 4.98 Å². The summed E-state index contributed by atoms with van der Waals surface area (Å²) >= 11 is 0. The van der Waals surface area contributed by atoms with Crippen molar-refractivity contribution in [3.63, 3.8) is 0 Å². The molecule has 0 bridgehead atoms. The van der Waals surface area contributed by atoms with Crippen molar-refractivity contribution in [3.8, 4) is 11.4 Å². The lowest BCUT2D eigenvalue weighted by molar-refractivity contribution is 0.289. The van der Waals surface area contributed by atoms with Crippen LogP contribution in [0.1, 0.15) is 44.0 Å². The molecule has 5 nitrogen and oxygen atoms in total. The Bertz CT molecular complexity index is 584. The Labute approximate surface area is 126 Å². The van der Waals surface area contributed by atoms with Crippen molar-refractivity contribution >= 4 is 0 Å². The lowest BCUT2D eigenvalue weighted by Gasteiger charge is -2.22. The van der Waals surface area contributed by atoms with Crippen molar-refractivity contribution in [2.45, 2.75) is 47.0 Å². The van der Waals surface area contributed by atoms with E-state index in [1.165, 1.54) is 0 Å². The molecule has 0 fully saturated rings. The molecule has 5 heteroatoms. The largest absolute Gasteiger partial charge is 0.339 e. The van der Waals surface area contributed by atoms with Crippen LogP contribution < -0.4 is 5.73 Å². The molecule has 0 unspecified atom stereocenters. The standard InChI is InChI=1S/C16H24N4O/c1-11-9-13(10-12(2)18-11)15-19-14(21-20-15)5-6-16(3,4)7-8-17/h9-10H,5-8,17H2,1-4H3. The highest BCUT2D eigenvalue weighted by Crippen LogP contribution is 2.26. The van der Waals surface area contributed by atoms with Crippen LogP contribution in [0, 0.1) is 19.3 Å². The second kappa shape index (κ2) is 6.35. The number of hydrogen-bond acceptors (Lipinski definition) is 5. The molecule has 0 spiro atoms. The maximum atomic E-state index is 5.63. The fourth-order valence-electron chi connectivity index (χ4n) is 2.40. The molecule has 0 aliphatic carbocycles. The molecule has 0 aromatic carbocycles. The molecule has 0 saturated heterocycles. The van der Waals surface area contributed by atoms with E-state index in [1.54, 1.807) is 0 Å². The molecule has 0 aliphatic rings. The van der Waals surface area contributed by atoms with Gasteiger partial charge in [0.2, 0.25) is 11.7 Å². The zero-order valence-corrected chi connectivity index (χ0v) is 13.3. The number of rotatable bonds is 6. The first kappa shape index (κ1) is 15.6. The number of hydrogen-bond donors (Lipinski definition) is 1. The Balaban J connectivity index is 2.08. The third-order valence-corrected chi connectivity index (χ3v) is 3.64. The van der Waals surface area contributed by atoms with Gasteiger partial charge in [0.05, 0.1) is 0 Å². The first-order valence-corrected chi connectivity index (χ1v) is 7.38. The van der Waals surface area contributed by atoms with Crippen LogP contribution >= 0.6 is 0 Å². The topological polar surface area (TPSA) is 77.8 Å². The second-order valence-corrected chi connectivity index (χ2v) is 6.35. The monoisotopic (exact) mass is 288 g/mol. The molecule has 0 radical (unpaired) electrons. The van der Waals surface area contributed by atoms with Crippen LogP contribution in [0.4, 0.5) is 0 Å². The Kier molecular flexibility index (Phi) is 4.73. The van der Waals surface area contributed by atoms with Gasteiger partial charge in [0.25, 0.3) is 0 Å². The van der Waals surface area contributed by atoms with Crippen molar-refractivity contribution < 1.29 is 4.52 Å². The Morgan fingerprint density at radius 3 is 2.38 bits per heavy atom. The Hall–Kier alpha value is -1.75. The average molecular weight is 288 g/mol. The lowest BCUT2D eigenvalue weighted by Crippen LogP contribution is -2.17. The summed E-state index contributed by atoms with van der Waals surface area (Å²) < 4.78 is 5.36. The molecule has 0 aliphatic heterocycles. The molecule has 2 rings (SSSR count). The van der Waals surface area contributed by atoms with E-state index in [4.69, 9.17) is 10.3 Å². The summed E-state index contributed by atoms with van der Waals surface area (Å²) in [6, 6.07) is 3.94. The minimum Gasteiger partial charge on any atom is -0.339 e. The van der Waals surface area contributed by atoms with Crippen molar-refractivity contribution in [1.82, 2.24) is 15.1 Å². The van der Waals surface area contributed by atoms with Gasteiger partial charge in [-0.25, -0.2) is 0 Å².